The summed E-state index contributed by atoms with van der Waals surface area (Å²) in [6.07, 6.45) is 4.76. The molecule has 2 heterocycles. The Kier molecular flexibility index (Phi) is 5.76. The van der Waals surface area contributed by atoms with Crippen molar-refractivity contribution in [1.82, 2.24) is 20.4 Å². The molecule has 1 aromatic rings. The van der Waals surface area contributed by atoms with Gasteiger partial charge in [0.15, 0.2) is 0 Å². The minimum absolute atomic E-state index is 0.0546. The highest BCUT2D eigenvalue weighted by Gasteiger charge is 2.24. The molecule has 0 bridgehead atoms. The molecule has 21 heavy (non-hydrogen) atoms. The fourth-order valence-electron chi connectivity index (χ4n) is 3.00. The van der Waals surface area contributed by atoms with Crippen LogP contribution in [0.1, 0.15) is 37.1 Å². The second kappa shape index (κ2) is 7.56. The molecule has 1 unspecified atom stereocenters. The first-order valence-electron chi connectivity index (χ1n) is 7.82. The fourth-order valence-corrected chi connectivity index (χ4v) is 3.00. The van der Waals surface area contributed by atoms with Crippen LogP contribution in [0.2, 0.25) is 0 Å². The number of piperidine rings is 1. The fraction of sp³-hybridized carbons (Fsp3) is 0.733. The first kappa shape index (κ1) is 16.0. The number of nitrogens with zero attached hydrogens (tertiary/aromatic N) is 2. The Morgan fingerprint density at radius 3 is 2.90 bits per heavy atom. The van der Waals surface area contributed by atoms with Crippen molar-refractivity contribution in [1.29, 1.82) is 0 Å². The van der Waals surface area contributed by atoms with Gasteiger partial charge in [-0.05, 0) is 53.2 Å². The Morgan fingerprint density at radius 2 is 2.24 bits per heavy atom. The number of carbonyl (C=O) groups excluding carboxylic acids is 1. The lowest BCUT2D eigenvalue weighted by Gasteiger charge is -2.35. The molecule has 0 radical (unpaired) electrons. The quantitative estimate of drug-likeness (QED) is 0.742. The van der Waals surface area contributed by atoms with Crippen LogP contribution in [0.5, 0.6) is 0 Å². The molecule has 1 atom stereocenters. The topological polar surface area (TPSA) is 73.1 Å². The van der Waals surface area contributed by atoms with E-state index in [0.29, 0.717) is 12.6 Å². The first-order valence-corrected chi connectivity index (χ1v) is 7.82. The third kappa shape index (κ3) is 4.28. The van der Waals surface area contributed by atoms with Gasteiger partial charge in [-0.25, -0.2) is 0 Å². The van der Waals surface area contributed by atoms with E-state index < -0.39 is 0 Å². The van der Waals surface area contributed by atoms with E-state index in [4.69, 9.17) is 0 Å². The van der Waals surface area contributed by atoms with Gasteiger partial charge in [0, 0.05) is 6.04 Å². The van der Waals surface area contributed by atoms with Crippen molar-refractivity contribution >= 4 is 11.6 Å². The zero-order chi connectivity index (χ0) is 15.2. The van der Waals surface area contributed by atoms with E-state index in [1.807, 2.05) is 20.9 Å². The van der Waals surface area contributed by atoms with Crippen LogP contribution < -0.4 is 10.6 Å². The summed E-state index contributed by atoms with van der Waals surface area (Å²) in [7, 11) is 1.98. The van der Waals surface area contributed by atoms with E-state index in [9.17, 15) is 4.79 Å². The number of rotatable bonds is 6. The van der Waals surface area contributed by atoms with Gasteiger partial charge < -0.3 is 10.6 Å². The molecule has 1 aromatic heterocycles. The summed E-state index contributed by atoms with van der Waals surface area (Å²) in [5, 5.41) is 13.2. The first-order chi connectivity index (χ1) is 10.1. The Bertz CT molecular complexity index is 451. The number of carbonyl (C=O) groups is 1. The molecule has 118 valence electrons. The van der Waals surface area contributed by atoms with Crippen LogP contribution >= 0.6 is 0 Å². The molecule has 1 saturated heterocycles. The lowest BCUT2D eigenvalue weighted by molar-refractivity contribution is -0.118. The van der Waals surface area contributed by atoms with Crippen LogP contribution in [0, 0.1) is 13.8 Å². The molecule has 3 N–H and O–H groups in total. The van der Waals surface area contributed by atoms with E-state index in [1.54, 1.807) is 0 Å². The third-order valence-corrected chi connectivity index (χ3v) is 4.22. The van der Waals surface area contributed by atoms with Crippen LogP contribution in [0.4, 0.5) is 5.69 Å². The number of aromatic nitrogens is 2. The Morgan fingerprint density at radius 1 is 1.43 bits per heavy atom. The van der Waals surface area contributed by atoms with Crippen molar-refractivity contribution < 1.29 is 4.79 Å². The summed E-state index contributed by atoms with van der Waals surface area (Å²) >= 11 is 0. The summed E-state index contributed by atoms with van der Waals surface area (Å²) in [4.78, 5) is 14.6. The molecule has 1 aliphatic heterocycles. The van der Waals surface area contributed by atoms with E-state index in [2.05, 4.69) is 25.7 Å². The predicted molar refractivity (Wildman–Crippen MR) is 84.4 cm³/mol. The largest absolute Gasteiger partial charge is 0.322 e. The van der Waals surface area contributed by atoms with Crippen LogP contribution in [-0.2, 0) is 4.79 Å². The molecule has 1 amide bonds. The highest BCUT2D eigenvalue weighted by atomic mass is 16.2. The lowest BCUT2D eigenvalue weighted by atomic mass is 9.99. The summed E-state index contributed by atoms with van der Waals surface area (Å²) in [5.74, 6) is 0.0546. The van der Waals surface area contributed by atoms with Gasteiger partial charge in [0.25, 0.3) is 0 Å². The summed E-state index contributed by atoms with van der Waals surface area (Å²) in [6, 6.07) is 0.517. The van der Waals surface area contributed by atoms with E-state index in [1.165, 1.54) is 19.3 Å². The van der Waals surface area contributed by atoms with Gasteiger partial charge in [-0.2, -0.15) is 5.10 Å². The zero-order valence-electron chi connectivity index (χ0n) is 13.3. The SMILES string of the molecule is CNCCC1CCCCN1CC(=O)Nc1c(C)n[nH]c1C. The zero-order valence-corrected chi connectivity index (χ0v) is 13.3. The second-order valence-corrected chi connectivity index (χ2v) is 5.87. The van der Waals surface area contributed by atoms with E-state index >= 15 is 0 Å². The van der Waals surface area contributed by atoms with Crippen LogP contribution in [0.3, 0.4) is 0 Å². The normalized spacial score (nSPS) is 19.7. The summed E-state index contributed by atoms with van der Waals surface area (Å²) < 4.78 is 0. The van der Waals surface area contributed by atoms with Crippen molar-refractivity contribution in [3.05, 3.63) is 11.4 Å². The molecule has 1 fully saturated rings. The number of amides is 1. The minimum atomic E-state index is 0.0546. The highest BCUT2D eigenvalue weighted by molar-refractivity contribution is 5.93. The maximum absolute atomic E-state index is 12.3. The van der Waals surface area contributed by atoms with Crippen molar-refractivity contribution in [3.63, 3.8) is 0 Å². The molecule has 2 rings (SSSR count). The number of hydrogen-bond donors (Lipinski definition) is 3. The minimum Gasteiger partial charge on any atom is -0.322 e. The Hall–Kier alpha value is -1.40. The number of nitrogens with one attached hydrogen (secondary N) is 3. The molecule has 0 aromatic carbocycles. The number of hydrogen-bond acceptors (Lipinski definition) is 4. The van der Waals surface area contributed by atoms with Crippen molar-refractivity contribution in [2.75, 3.05) is 32.0 Å². The highest BCUT2D eigenvalue weighted by Crippen LogP contribution is 2.20. The number of H-pyrrole nitrogens is 1. The molecule has 0 spiro atoms. The molecular formula is C15H27N5O. The number of aromatic amines is 1. The van der Waals surface area contributed by atoms with Gasteiger partial charge in [0.2, 0.25) is 5.91 Å². The Balaban J connectivity index is 1.91. The second-order valence-electron chi connectivity index (χ2n) is 5.87. The Labute approximate surface area is 126 Å². The van der Waals surface area contributed by atoms with Crippen LogP contribution in [-0.4, -0.2) is 53.7 Å². The molecule has 1 aliphatic rings. The number of anilines is 1. The van der Waals surface area contributed by atoms with Crippen molar-refractivity contribution in [3.8, 4) is 0 Å². The lowest BCUT2D eigenvalue weighted by Crippen LogP contribution is -2.45. The van der Waals surface area contributed by atoms with Gasteiger partial charge >= 0.3 is 0 Å². The average molecular weight is 293 g/mol. The molecule has 6 heteroatoms. The molecule has 0 saturated carbocycles. The van der Waals surface area contributed by atoms with Gasteiger partial charge in [-0.3, -0.25) is 14.8 Å². The monoisotopic (exact) mass is 293 g/mol. The smallest absolute Gasteiger partial charge is 0.238 e. The van der Waals surface area contributed by atoms with E-state index in [-0.39, 0.29) is 5.91 Å². The molecular weight excluding hydrogens is 266 g/mol. The maximum Gasteiger partial charge on any atom is 0.238 e. The standard InChI is InChI=1S/C15H27N5O/c1-11-15(12(2)19-18-11)17-14(21)10-20-9-5-4-6-13(20)7-8-16-3/h13,16H,4-10H2,1-3H3,(H,17,21)(H,18,19). The average Bonchev–Trinajstić information content (AvgIpc) is 2.78. The van der Waals surface area contributed by atoms with Gasteiger partial charge in [0.05, 0.1) is 23.6 Å². The van der Waals surface area contributed by atoms with E-state index in [0.717, 1.165) is 36.6 Å². The number of aryl methyl sites for hydroxylation is 2. The summed E-state index contributed by atoms with van der Waals surface area (Å²) in [5.41, 5.74) is 2.57. The molecule has 0 aliphatic carbocycles. The van der Waals surface area contributed by atoms with Crippen LogP contribution in [0.25, 0.3) is 0 Å². The summed E-state index contributed by atoms with van der Waals surface area (Å²) in [6.45, 7) is 6.31. The van der Waals surface area contributed by atoms with Crippen molar-refractivity contribution in [2.45, 2.75) is 45.6 Å². The number of likely N-dealkylation sites (tertiary alicyclic amines) is 1. The third-order valence-electron chi connectivity index (χ3n) is 4.22. The van der Waals surface area contributed by atoms with Crippen molar-refractivity contribution in [2.24, 2.45) is 0 Å². The van der Waals surface area contributed by atoms with Gasteiger partial charge in [-0.1, -0.05) is 6.42 Å². The van der Waals surface area contributed by atoms with Gasteiger partial charge in [0.1, 0.15) is 0 Å². The maximum atomic E-state index is 12.3. The van der Waals surface area contributed by atoms with Crippen LogP contribution in [0.15, 0.2) is 0 Å². The predicted octanol–water partition coefficient (Wildman–Crippen LogP) is 1.43. The molecule has 6 nitrogen and oxygen atoms in total. The van der Waals surface area contributed by atoms with Gasteiger partial charge in [-0.15, -0.1) is 0 Å².